The Morgan fingerprint density at radius 3 is 3.26 bits per heavy atom. The molecule has 1 atom stereocenters. The van der Waals surface area contributed by atoms with Gasteiger partial charge in [-0.05, 0) is 38.3 Å². The Bertz CT molecular complexity index is 662. The van der Waals surface area contributed by atoms with Gasteiger partial charge in [-0.1, -0.05) is 11.6 Å². The van der Waals surface area contributed by atoms with Crippen molar-refractivity contribution in [1.29, 1.82) is 0 Å². The lowest BCUT2D eigenvalue weighted by Gasteiger charge is -2.10. The van der Waals surface area contributed by atoms with E-state index in [1.165, 1.54) is 0 Å². The Hall–Kier alpha value is -1.92. The third-order valence-corrected chi connectivity index (χ3v) is 4.01. The van der Waals surface area contributed by atoms with Crippen LogP contribution >= 0.6 is 0 Å². The first-order chi connectivity index (χ1) is 11.2. The van der Waals surface area contributed by atoms with E-state index < -0.39 is 0 Å². The molecule has 1 saturated heterocycles. The fourth-order valence-electron chi connectivity index (χ4n) is 2.75. The number of rotatable bonds is 7. The molecule has 1 aliphatic rings. The van der Waals surface area contributed by atoms with E-state index in [4.69, 9.17) is 9.47 Å². The first-order valence-electron chi connectivity index (χ1n) is 8.16. The smallest absolute Gasteiger partial charge is 0.272 e. The van der Waals surface area contributed by atoms with Crippen molar-refractivity contribution in [1.82, 2.24) is 15.5 Å². The van der Waals surface area contributed by atoms with Crippen LogP contribution in [0.5, 0.6) is 0 Å². The zero-order valence-electron chi connectivity index (χ0n) is 13.4. The number of hydrogen-bond donors (Lipinski definition) is 2. The molecule has 1 amide bonds. The molecule has 0 radical (unpaired) electrons. The number of hydrogen-bond acceptors (Lipinski definition) is 4. The van der Waals surface area contributed by atoms with Crippen LogP contribution in [0.4, 0.5) is 0 Å². The zero-order chi connectivity index (χ0) is 16.1. The highest BCUT2D eigenvalue weighted by Crippen LogP contribution is 2.17. The molecule has 1 aromatic heterocycles. The number of ether oxygens (including phenoxy) is 2. The van der Waals surface area contributed by atoms with E-state index in [2.05, 4.69) is 15.5 Å². The second-order valence-corrected chi connectivity index (χ2v) is 5.94. The number of benzene rings is 1. The Labute approximate surface area is 135 Å². The van der Waals surface area contributed by atoms with E-state index in [0.717, 1.165) is 42.3 Å². The lowest BCUT2D eigenvalue weighted by atomic mass is 10.1. The van der Waals surface area contributed by atoms with Crippen LogP contribution in [0.1, 0.15) is 35.3 Å². The molecule has 6 heteroatoms. The predicted molar refractivity (Wildman–Crippen MR) is 87.6 cm³/mol. The second-order valence-electron chi connectivity index (χ2n) is 5.94. The molecule has 3 rings (SSSR count). The molecule has 0 bridgehead atoms. The van der Waals surface area contributed by atoms with Gasteiger partial charge in [0, 0.05) is 25.1 Å². The van der Waals surface area contributed by atoms with E-state index in [1.807, 2.05) is 25.1 Å². The second kappa shape index (κ2) is 7.57. The van der Waals surface area contributed by atoms with Crippen molar-refractivity contribution in [3.05, 3.63) is 29.5 Å². The van der Waals surface area contributed by atoms with Gasteiger partial charge in [0.15, 0.2) is 5.69 Å². The van der Waals surface area contributed by atoms with Crippen LogP contribution in [-0.2, 0) is 9.47 Å². The Balaban J connectivity index is 1.41. The molecule has 1 unspecified atom stereocenters. The summed E-state index contributed by atoms with van der Waals surface area (Å²) in [5, 5.41) is 10.8. The van der Waals surface area contributed by atoms with Crippen LogP contribution < -0.4 is 5.32 Å². The van der Waals surface area contributed by atoms with Crippen LogP contribution in [0.25, 0.3) is 10.9 Å². The average molecular weight is 317 g/mol. The van der Waals surface area contributed by atoms with E-state index in [9.17, 15) is 4.79 Å². The molecule has 1 aromatic carbocycles. The fourth-order valence-corrected chi connectivity index (χ4v) is 2.75. The molecule has 0 saturated carbocycles. The quantitative estimate of drug-likeness (QED) is 0.768. The van der Waals surface area contributed by atoms with E-state index >= 15 is 0 Å². The maximum atomic E-state index is 12.2. The van der Waals surface area contributed by atoms with Crippen molar-refractivity contribution < 1.29 is 14.3 Å². The van der Waals surface area contributed by atoms with Crippen molar-refractivity contribution in [2.75, 3.05) is 26.4 Å². The minimum absolute atomic E-state index is 0.152. The van der Waals surface area contributed by atoms with Gasteiger partial charge in [0.25, 0.3) is 5.91 Å². The van der Waals surface area contributed by atoms with Gasteiger partial charge in [-0.15, -0.1) is 0 Å². The van der Waals surface area contributed by atoms with Crippen LogP contribution in [0.15, 0.2) is 18.2 Å². The summed E-state index contributed by atoms with van der Waals surface area (Å²) in [7, 11) is 0. The maximum Gasteiger partial charge on any atom is 0.272 e. The molecular weight excluding hydrogens is 294 g/mol. The van der Waals surface area contributed by atoms with E-state index in [1.54, 1.807) is 0 Å². The summed E-state index contributed by atoms with van der Waals surface area (Å²) in [6.45, 7) is 4.70. The summed E-state index contributed by atoms with van der Waals surface area (Å²) in [6, 6.07) is 5.90. The Kier molecular flexibility index (Phi) is 5.25. The summed E-state index contributed by atoms with van der Waals surface area (Å²) >= 11 is 0. The van der Waals surface area contributed by atoms with Crippen molar-refractivity contribution in [3.63, 3.8) is 0 Å². The first kappa shape index (κ1) is 16.0. The number of carbonyl (C=O) groups is 1. The first-order valence-corrected chi connectivity index (χ1v) is 8.16. The Morgan fingerprint density at radius 1 is 1.52 bits per heavy atom. The molecular formula is C17H23N3O3. The van der Waals surface area contributed by atoms with Gasteiger partial charge in [0.05, 0.1) is 18.2 Å². The van der Waals surface area contributed by atoms with Gasteiger partial charge in [-0.2, -0.15) is 5.10 Å². The highest BCUT2D eigenvalue weighted by atomic mass is 16.5. The monoisotopic (exact) mass is 317 g/mol. The summed E-state index contributed by atoms with van der Waals surface area (Å²) < 4.78 is 11.1. The summed E-state index contributed by atoms with van der Waals surface area (Å²) in [5.41, 5.74) is 2.43. The lowest BCUT2D eigenvalue weighted by Crippen LogP contribution is -2.26. The summed E-state index contributed by atoms with van der Waals surface area (Å²) in [5.74, 6) is -0.152. The lowest BCUT2D eigenvalue weighted by molar-refractivity contribution is 0.0166. The highest BCUT2D eigenvalue weighted by molar-refractivity contribution is 6.04. The number of carbonyl (C=O) groups excluding carboxylic acids is 1. The number of nitrogens with one attached hydrogen (secondary N) is 2. The zero-order valence-corrected chi connectivity index (χ0v) is 13.4. The van der Waals surface area contributed by atoms with Gasteiger partial charge >= 0.3 is 0 Å². The van der Waals surface area contributed by atoms with Gasteiger partial charge < -0.3 is 14.8 Å². The third kappa shape index (κ3) is 4.09. The highest BCUT2D eigenvalue weighted by Gasteiger charge is 2.15. The largest absolute Gasteiger partial charge is 0.379 e. The van der Waals surface area contributed by atoms with E-state index in [0.29, 0.717) is 25.5 Å². The fraction of sp³-hybridized carbons (Fsp3) is 0.529. The molecule has 23 heavy (non-hydrogen) atoms. The van der Waals surface area contributed by atoms with Crippen molar-refractivity contribution in [3.8, 4) is 0 Å². The van der Waals surface area contributed by atoms with Crippen molar-refractivity contribution in [2.24, 2.45) is 0 Å². The SMILES string of the molecule is Cc1ccc2[nH]nc(C(=O)NCCCOCC3CCCO3)c2c1. The summed E-state index contributed by atoms with van der Waals surface area (Å²) in [6.07, 6.45) is 3.24. The number of fused-ring (bicyclic) bond motifs is 1. The average Bonchev–Trinajstić information content (AvgIpc) is 3.19. The van der Waals surface area contributed by atoms with Crippen molar-refractivity contribution >= 4 is 16.8 Å². The minimum Gasteiger partial charge on any atom is -0.379 e. The normalized spacial score (nSPS) is 17.7. The number of H-pyrrole nitrogens is 1. The third-order valence-electron chi connectivity index (χ3n) is 4.01. The number of aromatic amines is 1. The molecule has 2 heterocycles. The van der Waals surface area contributed by atoms with Crippen LogP contribution in [0.2, 0.25) is 0 Å². The molecule has 124 valence electrons. The van der Waals surface area contributed by atoms with E-state index in [-0.39, 0.29) is 12.0 Å². The Morgan fingerprint density at radius 2 is 2.43 bits per heavy atom. The minimum atomic E-state index is -0.152. The molecule has 1 aliphatic heterocycles. The predicted octanol–water partition coefficient (Wildman–Crippen LogP) is 2.19. The van der Waals surface area contributed by atoms with Crippen LogP contribution in [-0.4, -0.2) is 48.6 Å². The molecule has 0 aliphatic carbocycles. The van der Waals surface area contributed by atoms with Gasteiger partial charge in [0.1, 0.15) is 0 Å². The molecule has 6 nitrogen and oxygen atoms in total. The van der Waals surface area contributed by atoms with Gasteiger partial charge in [0.2, 0.25) is 0 Å². The van der Waals surface area contributed by atoms with Gasteiger partial charge in [-0.25, -0.2) is 0 Å². The van der Waals surface area contributed by atoms with Crippen LogP contribution in [0, 0.1) is 6.92 Å². The molecule has 1 fully saturated rings. The summed E-state index contributed by atoms with van der Waals surface area (Å²) in [4.78, 5) is 12.2. The van der Waals surface area contributed by atoms with Gasteiger partial charge in [-0.3, -0.25) is 9.89 Å². The molecule has 2 aromatic rings. The number of amides is 1. The maximum absolute atomic E-state index is 12.2. The number of aryl methyl sites for hydroxylation is 1. The molecule has 2 N–H and O–H groups in total. The number of aromatic nitrogens is 2. The number of nitrogens with zero attached hydrogens (tertiary/aromatic N) is 1. The molecule has 0 spiro atoms. The van der Waals surface area contributed by atoms with Crippen molar-refractivity contribution in [2.45, 2.75) is 32.3 Å². The standard InChI is InChI=1S/C17H23N3O3/c1-12-5-6-15-14(10-12)16(20-19-15)17(21)18-7-3-8-22-11-13-4-2-9-23-13/h5-6,10,13H,2-4,7-9,11H2,1H3,(H,18,21)(H,19,20). The van der Waals surface area contributed by atoms with Crippen LogP contribution in [0.3, 0.4) is 0 Å². The topological polar surface area (TPSA) is 76.2 Å².